The molecule has 0 saturated carbocycles. The van der Waals surface area contributed by atoms with Gasteiger partial charge in [-0.05, 0) is 42.2 Å². The van der Waals surface area contributed by atoms with Gasteiger partial charge in [-0.25, -0.2) is 5.43 Å². The molecule has 0 fully saturated rings. The van der Waals surface area contributed by atoms with Crippen molar-refractivity contribution in [1.29, 1.82) is 0 Å². The first-order valence-electron chi connectivity index (χ1n) is 6.78. The maximum atomic E-state index is 12.0. The maximum absolute atomic E-state index is 12.0. The number of amides is 1. The van der Waals surface area contributed by atoms with Crippen molar-refractivity contribution in [2.45, 2.75) is 20.3 Å². The lowest BCUT2D eigenvalue weighted by Gasteiger charge is -2.03. The van der Waals surface area contributed by atoms with E-state index in [0.29, 0.717) is 10.6 Å². The summed E-state index contributed by atoms with van der Waals surface area (Å²) in [5.74, 6) is -0.318. The molecule has 2 aromatic carbocycles. The molecule has 2 rings (SSSR count). The van der Waals surface area contributed by atoms with Crippen LogP contribution in [0.5, 0.6) is 0 Å². The van der Waals surface area contributed by atoms with Gasteiger partial charge in [-0.15, -0.1) is 0 Å². The van der Waals surface area contributed by atoms with Gasteiger partial charge in [0.25, 0.3) is 5.91 Å². The predicted octanol–water partition coefficient (Wildman–Crippen LogP) is 3.97. The SMILES string of the molecule is CCc1ccc(/C=N\NC(=O)c2ccc(C)cc2Cl)cc1. The van der Waals surface area contributed by atoms with Gasteiger partial charge >= 0.3 is 0 Å². The molecule has 0 heterocycles. The van der Waals surface area contributed by atoms with Crippen LogP contribution in [-0.2, 0) is 6.42 Å². The van der Waals surface area contributed by atoms with E-state index >= 15 is 0 Å². The van der Waals surface area contributed by atoms with Crippen molar-refractivity contribution in [1.82, 2.24) is 5.43 Å². The van der Waals surface area contributed by atoms with Gasteiger partial charge in [-0.1, -0.05) is 48.9 Å². The zero-order valence-corrected chi connectivity index (χ0v) is 12.8. The van der Waals surface area contributed by atoms with E-state index in [0.717, 1.165) is 17.5 Å². The summed E-state index contributed by atoms with van der Waals surface area (Å²) in [5, 5.41) is 4.38. The third-order valence-electron chi connectivity index (χ3n) is 3.14. The Morgan fingerprint density at radius 1 is 1.24 bits per heavy atom. The van der Waals surface area contributed by atoms with Crippen LogP contribution >= 0.6 is 11.6 Å². The van der Waals surface area contributed by atoms with Crippen LogP contribution in [0.1, 0.15) is 34.0 Å². The molecule has 0 bridgehead atoms. The molecule has 0 radical (unpaired) electrons. The summed E-state index contributed by atoms with van der Waals surface area (Å²) >= 11 is 6.04. The Kier molecular flexibility index (Phi) is 5.12. The van der Waals surface area contributed by atoms with Crippen LogP contribution in [0.3, 0.4) is 0 Å². The molecule has 0 spiro atoms. The highest BCUT2D eigenvalue weighted by molar-refractivity contribution is 6.33. The Morgan fingerprint density at radius 3 is 2.57 bits per heavy atom. The lowest BCUT2D eigenvalue weighted by atomic mass is 10.1. The highest BCUT2D eigenvalue weighted by Crippen LogP contribution is 2.17. The van der Waals surface area contributed by atoms with Crippen molar-refractivity contribution in [3.63, 3.8) is 0 Å². The molecule has 0 atom stereocenters. The normalized spacial score (nSPS) is 10.8. The fourth-order valence-corrected chi connectivity index (χ4v) is 2.19. The summed E-state index contributed by atoms with van der Waals surface area (Å²) in [7, 11) is 0. The van der Waals surface area contributed by atoms with Crippen LogP contribution in [0.2, 0.25) is 5.02 Å². The summed E-state index contributed by atoms with van der Waals surface area (Å²) in [6.07, 6.45) is 2.61. The fourth-order valence-electron chi connectivity index (χ4n) is 1.87. The van der Waals surface area contributed by atoms with Crippen LogP contribution in [0, 0.1) is 6.92 Å². The first-order chi connectivity index (χ1) is 10.1. The second-order valence-electron chi connectivity index (χ2n) is 4.78. The van der Waals surface area contributed by atoms with Crippen molar-refractivity contribution in [3.8, 4) is 0 Å². The molecule has 3 nitrogen and oxygen atoms in total. The number of hydrogen-bond donors (Lipinski definition) is 1. The number of carbonyl (C=O) groups is 1. The quantitative estimate of drug-likeness (QED) is 0.673. The Bertz CT molecular complexity index is 663. The molecular formula is C17H17ClN2O. The molecule has 21 heavy (non-hydrogen) atoms. The first kappa shape index (κ1) is 15.3. The molecule has 0 aliphatic heterocycles. The predicted molar refractivity (Wildman–Crippen MR) is 87.1 cm³/mol. The maximum Gasteiger partial charge on any atom is 0.272 e. The number of hydrazone groups is 1. The number of benzene rings is 2. The van der Waals surface area contributed by atoms with Crippen LogP contribution in [0.4, 0.5) is 0 Å². The Labute approximate surface area is 129 Å². The van der Waals surface area contributed by atoms with Crippen molar-refractivity contribution in [2.24, 2.45) is 5.10 Å². The largest absolute Gasteiger partial charge is 0.272 e. The Morgan fingerprint density at radius 2 is 1.95 bits per heavy atom. The van der Waals surface area contributed by atoms with Crippen molar-refractivity contribution in [2.75, 3.05) is 0 Å². The van der Waals surface area contributed by atoms with E-state index in [1.165, 1.54) is 5.56 Å². The van der Waals surface area contributed by atoms with E-state index < -0.39 is 0 Å². The van der Waals surface area contributed by atoms with Gasteiger partial charge in [0.2, 0.25) is 0 Å². The molecule has 108 valence electrons. The van der Waals surface area contributed by atoms with Crippen LogP contribution < -0.4 is 5.43 Å². The molecule has 0 aliphatic carbocycles. The average Bonchev–Trinajstić information content (AvgIpc) is 2.47. The molecule has 2 aromatic rings. The number of nitrogens with one attached hydrogen (secondary N) is 1. The van der Waals surface area contributed by atoms with E-state index in [1.807, 2.05) is 37.3 Å². The lowest BCUT2D eigenvalue weighted by molar-refractivity contribution is 0.0955. The summed E-state index contributed by atoms with van der Waals surface area (Å²) in [5.41, 5.74) is 6.11. The Balaban J connectivity index is 2.01. The van der Waals surface area contributed by atoms with Crippen LogP contribution in [0.25, 0.3) is 0 Å². The van der Waals surface area contributed by atoms with Crippen LogP contribution in [-0.4, -0.2) is 12.1 Å². The first-order valence-corrected chi connectivity index (χ1v) is 7.16. The third kappa shape index (κ3) is 4.17. The molecule has 1 amide bonds. The van der Waals surface area contributed by atoms with Crippen molar-refractivity contribution < 1.29 is 4.79 Å². The van der Waals surface area contributed by atoms with Gasteiger partial charge in [0.1, 0.15) is 0 Å². The lowest BCUT2D eigenvalue weighted by Crippen LogP contribution is -2.18. The highest BCUT2D eigenvalue weighted by atomic mass is 35.5. The van der Waals surface area contributed by atoms with Gasteiger partial charge in [-0.2, -0.15) is 5.10 Å². The molecule has 0 aromatic heterocycles. The molecule has 0 aliphatic rings. The molecule has 4 heteroatoms. The average molecular weight is 301 g/mol. The Hall–Kier alpha value is -2.13. The summed E-state index contributed by atoms with van der Waals surface area (Å²) in [4.78, 5) is 12.0. The fraction of sp³-hybridized carbons (Fsp3) is 0.176. The van der Waals surface area contributed by atoms with Gasteiger partial charge in [0.05, 0.1) is 16.8 Å². The van der Waals surface area contributed by atoms with Crippen LogP contribution in [0.15, 0.2) is 47.6 Å². The summed E-state index contributed by atoms with van der Waals surface area (Å²) in [6.45, 7) is 4.03. The molecule has 0 saturated heterocycles. The van der Waals surface area contributed by atoms with Gasteiger partial charge in [0.15, 0.2) is 0 Å². The standard InChI is InChI=1S/C17H17ClN2O/c1-3-13-5-7-14(8-6-13)11-19-20-17(21)15-9-4-12(2)10-16(15)18/h4-11H,3H2,1-2H3,(H,20,21)/b19-11-. The number of carbonyl (C=O) groups excluding carboxylic acids is 1. The van der Waals surface area contributed by atoms with E-state index in [2.05, 4.69) is 17.5 Å². The third-order valence-corrected chi connectivity index (χ3v) is 3.45. The van der Waals surface area contributed by atoms with Gasteiger partial charge in [0, 0.05) is 0 Å². The molecular weight excluding hydrogens is 284 g/mol. The summed E-state index contributed by atoms with van der Waals surface area (Å²) in [6, 6.07) is 13.3. The van der Waals surface area contributed by atoms with E-state index in [1.54, 1.807) is 18.3 Å². The minimum absolute atomic E-state index is 0.318. The minimum Gasteiger partial charge on any atom is -0.267 e. The second kappa shape index (κ2) is 7.04. The zero-order valence-electron chi connectivity index (χ0n) is 12.1. The number of aryl methyl sites for hydroxylation is 2. The van der Waals surface area contributed by atoms with Gasteiger partial charge < -0.3 is 0 Å². The molecule has 0 unspecified atom stereocenters. The number of hydrogen-bond acceptors (Lipinski definition) is 2. The smallest absolute Gasteiger partial charge is 0.267 e. The minimum atomic E-state index is -0.318. The number of nitrogens with zero attached hydrogens (tertiary/aromatic N) is 1. The van der Waals surface area contributed by atoms with Crippen molar-refractivity contribution in [3.05, 3.63) is 69.7 Å². The molecule has 1 N–H and O–H groups in total. The van der Waals surface area contributed by atoms with E-state index in [-0.39, 0.29) is 5.91 Å². The van der Waals surface area contributed by atoms with E-state index in [4.69, 9.17) is 11.6 Å². The second-order valence-corrected chi connectivity index (χ2v) is 5.18. The highest BCUT2D eigenvalue weighted by Gasteiger charge is 2.08. The van der Waals surface area contributed by atoms with Gasteiger partial charge in [-0.3, -0.25) is 4.79 Å². The zero-order chi connectivity index (χ0) is 15.2. The topological polar surface area (TPSA) is 41.5 Å². The summed E-state index contributed by atoms with van der Waals surface area (Å²) < 4.78 is 0. The number of halogens is 1. The van der Waals surface area contributed by atoms with E-state index in [9.17, 15) is 4.79 Å². The monoisotopic (exact) mass is 300 g/mol. The van der Waals surface area contributed by atoms with Crippen molar-refractivity contribution >= 4 is 23.7 Å². The number of rotatable bonds is 4.